The second kappa shape index (κ2) is 6.55. The largest absolute Gasteiger partial charge is 0.338 e. The van der Waals surface area contributed by atoms with Gasteiger partial charge < -0.3 is 10.6 Å². The summed E-state index contributed by atoms with van der Waals surface area (Å²) >= 11 is 0. The molecule has 0 radical (unpaired) electrons. The number of nitrogens with two attached hydrogens (primary N) is 1. The molecule has 2 N–H and O–H groups in total. The summed E-state index contributed by atoms with van der Waals surface area (Å²) in [5, 5.41) is 0. The summed E-state index contributed by atoms with van der Waals surface area (Å²) in [6, 6.07) is 0.250. The Morgan fingerprint density at radius 3 is 2.67 bits per heavy atom. The number of hydrogen-bond acceptors (Lipinski definition) is 2. The predicted octanol–water partition coefficient (Wildman–Crippen LogP) is 2.69. The fourth-order valence-corrected chi connectivity index (χ4v) is 3.66. The Morgan fingerprint density at radius 1 is 1.28 bits per heavy atom. The number of carbonyl (C=O) groups excluding carboxylic acids is 1. The van der Waals surface area contributed by atoms with Crippen molar-refractivity contribution in [1.29, 1.82) is 0 Å². The lowest BCUT2D eigenvalue weighted by molar-refractivity contribution is -0.134. The van der Waals surface area contributed by atoms with Crippen LogP contribution >= 0.6 is 0 Å². The van der Waals surface area contributed by atoms with Gasteiger partial charge in [0, 0.05) is 12.6 Å². The monoisotopic (exact) mass is 252 g/mol. The summed E-state index contributed by atoms with van der Waals surface area (Å²) in [5.41, 5.74) is 6.05. The highest BCUT2D eigenvalue weighted by Crippen LogP contribution is 2.35. The number of unbranched alkanes of at least 4 members (excludes halogenated alkanes) is 1. The van der Waals surface area contributed by atoms with Crippen LogP contribution in [0, 0.1) is 5.92 Å². The molecule has 0 aromatic carbocycles. The van der Waals surface area contributed by atoms with Crippen molar-refractivity contribution in [1.82, 2.24) is 4.90 Å². The highest BCUT2D eigenvalue weighted by molar-refractivity contribution is 5.82. The number of rotatable bonds is 5. The van der Waals surface area contributed by atoms with Crippen LogP contribution in [0.4, 0.5) is 0 Å². The van der Waals surface area contributed by atoms with Gasteiger partial charge in [-0.05, 0) is 38.0 Å². The smallest absolute Gasteiger partial charge is 0.239 e. The van der Waals surface area contributed by atoms with E-state index in [4.69, 9.17) is 5.73 Å². The minimum atomic E-state index is -0.257. The normalized spacial score (nSPS) is 26.8. The first-order chi connectivity index (χ1) is 8.74. The van der Waals surface area contributed by atoms with Gasteiger partial charge in [0.1, 0.15) is 0 Å². The highest BCUT2D eigenvalue weighted by Gasteiger charge is 2.37. The molecule has 1 saturated heterocycles. The van der Waals surface area contributed by atoms with Crippen LogP contribution in [0.5, 0.6) is 0 Å². The topological polar surface area (TPSA) is 46.3 Å². The summed E-state index contributed by atoms with van der Waals surface area (Å²) in [5.74, 6) is 0.979. The van der Waals surface area contributed by atoms with Gasteiger partial charge in [-0.15, -0.1) is 0 Å². The summed E-state index contributed by atoms with van der Waals surface area (Å²) in [7, 11) is 0. The van der Waals surface area contributed by atoms with Crippen LogP contribution in [0.1, 0.15) is 64.7 Å². The first kappa shape index (κ1) is 13.9. The van der Waals surface area contributed by atoms with Crippen molar-refractivity contribution in [3.05, 3.63) is 0 Å². The number of likely N-dealkylation sites (tertiary alicyclic amines) is 1. The lowest BCUT2D eigenvalue weighted by atomic mass is 9.95. The maximum Gasteiger partial charge on any atom is 0.239 e. The molecule has 1 aliphatic carbocycles. The highest BCUT2D eigenvalue weighted by atomic mass is 16.2. The molecular weight excluding hydrogens is 224 g/mol. The third-order valence-electron chi connectivity index (χ3n) is 4.71. The molecular formula is C15H28N2O. The lowest BCUT2D eigenvalue weighted by Gasteiger charge is -2.31. The van der Waals surface area contributed by atoms with Crippen LogP contribution in [-0.2, 0) is 4.79 Å². The molecule has 0 aromatic rings. The molecule has 1 heterocycles. The maximum atomic E-state index is 12.4. The summed E-state index contributed by atoms with van der Waals surface area (Å²) in [6.07, 6.45) is 10.8. The van der Waals surface area contributed by atoms with Crippen LogP contribution < -0.4 is 5.73 Å². The molecule has 1 saturated carbocycles. The third-order valence-corrected chi connectivity index (χ3v) is 4.71. The summed E-state index contributed by atoms with van der Waals surface area (Å²) < 4.78 is 0. The molecule has 2 fully saturated rings. The Kier molecular flexibility index (Phi) is 5.04. The van der Waals surface area contributed by atoms with Gasteiger partial charge in [0.15, 0.2) is 0 Å². The molecule has 0 spiro atoms. The molecule has 1 amide bonds. The quantitative estimate of drug-likeness (QED) is 0.817. The van der Waals surface area contributed by atoms with Gasteiger partial charge >= 0.3 is 0 Å². The van der Waals surface area contributed by atoms with E-state index in [9.17, 15) is 4.79 Å². The molecule has 2 rings (SSSR count). The van der Waals surface area contributed by atoms with Gasteiger partial charge in [-0.2, -0.15) is 0 Å². The van der Waals surface area contributed by atoms with E-state index in [1.165, 1.54) is 38.5 Å². The van der Waals surface area contributed by atoms with Crippen molar-refractivity contribution in [3.8, 4) is 0 Å². The molecule has 1 unspecified atom stereocenters. The Hall–Kier alpha value is -0.570. The van der Waals surface area contributed by atoms with Crippen molar-refractivity contribution in [2.45, 2.75) is 76.8 Å². The third kappa shape index (κ3) is 3.05. The predicted molar refractivity (Wildman–Crippen MR) is 74.2 cm³/mol. The van der Waals surface area contributed by atoms with Gasteiger partial charge in [0.2, 0.25) is 5.91 Å². The van der Waals surface area contributed by atoms with Crippen molar-refractivity contribution in [3.63, 3.8) is 0 Å². The van der Waals surface area contributed by atoms with Crippen LogP contribution in [0.15, 0.2) is 0 Å². The molecule has 3 nitrogen and oxygen atoms in total. The Labute approximate surface area is 111 Å². The summed E-state index contributed by atoms with van der Waals surface area (Å²) in [6.45, 7) is 3.09. The van der Waals surface area contributed by atoms with Crippen molar-refractivity contribution in [2.24, 2.45) is 11.7 Å². The van der Waals surface area contributed by atoms with Crippen LogP contribution in [0.3, 0.4) is 0 Å². The van der Waals surface area contributed by atoms with E-state index in [2.05, 4.69) is 11.8 Å². The van der Waals surface area contributed by atoms with E-state index in [1.54, 1.807) is 0 Å². The first-order valence-corrected chi connectivity index (χ1v) is 7.80. The Bertz CT molecular complexity index is 274. The van der Waals surface area contributed by atoms with Gasteiger partial charge in [-0.3, -0.25) is 4.79 Å². The van der Waals surface area contributed by atoms with Crippen LogP contribution in [0.2, 0.25) is 0 Å². The average molecular weight is 252 g/mol. The molecule has 2 aliphatic rings. The Morgan fingerprint density at radius 2 is 2.00 bits per heavy atom. The number of hydrogen-bond donors (Lipinski definition) is 1. The maximum absolute atomic E-state index is 12.4. The van der Waals surface area contributed by atoms with E-state index < -0.39 is 0 Å². The lowest BCUT2D eigenvalue weighted by Crippen LogP contribution is -2.47. The van der Waals surface area contributed by atoms with Crippen LogP contribution in [-0.4, -0.2) is 29.4 Å². The van der Waals surface area contributed by atoms with E-state index in [0.29, 0.717) is 6.04 Å². The molecule has 0 aromatic heterocycles. The van der Waals surface area contributed by atoms with Crippen molar-refractivity contribution >= 4 is 5.91 Å². The molecule has 104 valence electrons. The molecule has 1 aliphatic heterocycles. The minimum Gasteiger partial charge on any atom is -0.338 e. The number of nitrogens with zero attached hydrogens (tertiary/aromatic N) is 1. The average Bonchev–Trinajstić information content (AvgIpc) is 3.03. The minimum absolute atomic E-state index is 0.220. The zero-order valence-corrected chi connectivity index (χ0v) is 11.7. The molecule has 2 atom stereocenters. The fraction of sp³-hybridized carbons (Fsp3) is 0.933. The van der Waals surface area contributed by atoms with E-state index in [-0.39, 0.29) is 11.9 Å². The molecule has 18 heavy (non-hydrogen) atoms. The zero-order chi connectivity index (χ0) is 13.0. The second-order valence-electron chi connectivity index (χ2n) is 6.03. The SMILES string of the molecule is CCCC[C@H](N)C(=O)N1CCCC1C1CCCC1. The first-order valence-electron chi connectivity index (χ1n) is 7.80. The molecule has 3 heteroatoms. The number of carbonyl (C=O) groups is 1. The van der Waals surface area contributed by atoms with Crippen molar-refractivity contribution in [2.75, 3.05) is 6.54 Å². The molecule has 0 bridgehead atoms. The summed E-state index contributed by atoms with van der Waals surface area (Å²) in [4.78, 5) is 14.5. The zero-order valence-electron chi connectivity index (χ0n) is 11.7. The Balaban J connectivity index is 1.91. The van der Waals surface area contributed by atoms with E-state index in [0.717, 1.165) is 31.7 Å². The van der Waals surface area contributed by atoms with Gasteiger partial charge in [-0.1, -0.05) is 32.6 Å². The van der Waals surface area contributed by atoms with E-state index in [1.807, 2.05) is 0 Å². The standard InChI is InChI=1S/C15H28N2O/c1-2-3-9-13(16)15(18)17-11-6-10-14(17)12-7-4-5-8-12/h12-14H,2-11,16H2,1H3/t13-,14?/m0/s1. The van der Waals surface area contributed by atoms with Gasteiger partial charge in [0.25, 0.3) is 0 Å². The van der Waals surface area contributed by atoms with Crippen molar-refractivity contribution < 1.29 is 4.79 Å². The fourth-order valence-electron chi connectivity index (χ4n) is 3.66. The second-order valence-corrected chi connectivity index (χ2v) is 6.03. The van der Waals surface area contributed by atoms with Crippen LogP contribution in [0.25, 0.3) is 0 Å². The number of amides is 1. The van der Waals surface area contributed by atoms with Gasteiger partial charge in [-0.25, -0.2) is 0 Å². The van der Waals surface area contributed by atoms with Gasteiger partial charge in [0.05, 0.1) is 6.04 Å². The van der Waals surface area contributed by atoms with E-state index >= 15 is 0 Å².